The predicted octanol–water partition coefficient (Wildman–Crippen LogP) is 3.48. The van der Waals surface area contributed by atoms with Crippen LogP contribution in [0, 0.1) is 5.92 Å². The van der Waals surface area contributed by atoms with Gasteiger partial charge in [0.1, 0.15) is 0 Å². The van der Waals surface area contributed by atoms with Gasteiger partial charge in [-0.3, -0.25) is 0 Å². The van der Waals surface area contributed by atoms with Gasteiger partial charge in [0, 0.05) is 0 Å². The third kappa shape index (κ3) is 2.38. The molecule has 0 bridgehead atoms. The Morgan fingerprint density at radius 2 is 1.82 bits per heavy atom. The van der Waals surface area contributed by atoms with Crippen molar-refractivity contribution in [2.45, 2.75) is 27.2 Å². The molecule has 0 saturated heterocycles. The van der Waals surface area contributed by atoms with Gasteiger partial charge < -0.3 is 0 Å². The maximum absolute atomic E-state index is 2.26. The van der Waals surface area contributed by atoms with E-state index in [1.54, 1.807) is 0 Å². The SMILES string of the molecule is CC(CC(C)C)=C1C=CC=C1. The molecule has 0 unspecified atom stereocenters. The first kappa shape index (κ1) is 8.32. The highest BCUT2D eigenvalue weighted by Gasteiger charge is 2.00. The number of rotatable bonds is 2. The van der Waals surface area contributed by atoms with Gasteiger partial charge in [-0.1, -0.05) is 43.7 Å². The molecule has 0 aromatic heterocycles. The van der Waals surface area contributed by atoms with Crippen LogP contribution in [0.3, 0.4) is 0 Å². The summed E-state index contributed by atoms with van der Waals surface area (Å²) < 4.78 is 0. The first-order valence-corrected chi connectivity index (χ1v) is 4.24. The Morgan fingerprint density at radius 1 is 1.27 bits per heavy atom. The van der Waals surface area contributed by atoms with Gasteiger partial charge in [0.05, 0.1) is 0 Å². The van der Waals surface area contributed by atoms with Crippen LogP contribution in [-0.2, 0) is 0 Å². The molecule has 0 aliphatic heterocycles. The van der Waals surface area contributed by atoms with Crippen LogP contribution in [0.25, 0.3) is 0 Å². The molecule has 0 fully saturated rings. The Kier molecular flexibility index (Phi) is 2.70. The van der Waals surface area contributed by atoms with Crippen LogP contribution in [0.2, 0.25) is 0 Å². The van der Waals surface area contributed by atoms with E-state index in [0.29, 0.717) is 0 Å². The summed E-state index contributed by atoms with van der Waals surface area (Å²) in [6.45, 7) is 6.73. The van der Waals surface area contributed by atoms with Gasteiger partial charge in [0.25, 0.3) is 0 Å². The fourth-order valence-electron chi connectivity index (χ4n) is 1.39. The summed E-state index contributed by atoms with van der Waals surface area (Å²) in [4.78, 5) is 0. The Labute approximate surface area is 69.3 Å². The van der Waals surface area contributed by atoms with Crippen LogP contribution in [0.5, 0.6) is 0 Å². The lowest BCUT2D eigenvalue weighted by atomic mass is 10.0. The molecular weight excluding hydrogens is 132 g/mol. The maximum atomic E-state index is 2.26. The van der Waals surface area contributed by atoms with Crippen LogP contribution in [0.15, 0.2) is 35.5 Å². The zero-order chi connectivity index (χ0) is 8.27. The number of hydrogen-bond acceptors (Lipinski definition) is 0. The van der Waals surface area contributed by atoms with E-state index in [-0.39, 0.29) is 0 Å². The van der Waals surface area contributed by atoms with E-state index in [0.717, 1.165) is 5.92 Å². The number of hydrogen-bond donors (Lipinski definition) is 0. The van der Waals surface area contributed by atoms with E-state index in [1.807, 2.05) is 0 Å². The third-order valence-electron chi connectivity index (χ3n) is 1.87. The highest BCUT2D eigenvalue weighted by Crippen LogP contribution is 2.18. The first-order valence-electron chi connectivity index (χ1n) is 4.24. The Bertz CT molecular complexity index is 200. The molecular formula is C11H16. The quantitative estimate of drug-likeness (QED) is 0.562. The molecule has 0 aromatic carbocycles. The van der Waals surface area contributed by atoms with Crippen molar-refractivity contribution in [2.24, 2.45) is 5.92 Å². The van der Waals surface area contributed by atoms with Gasteiger partial charge in [-0.2, -0.15) is 0 Å². The Balaban J connectivity index is 2.64. The van der Waals surface area contributed by atoms with Crippen molar-refractivity contribution < 1.29 is 0 Å². The zero-order valence-corrected chi connectivity index (χ0v) is 7.59. The third-order valence-corrected chi connectivity index (χ3v) is 1.87. The summed E-state index contributed by atoms with van der Waals surface area (Å²) >= 11 is 0. The van der Waals surface area contributed by atoms with Crippen molar-refractivity contribution in [3.8, 4) is 0 Å². The molecule has 11 heavy (non-hydrogen) atoms. The second-order valence-corrected chi connectivity index (χ2v) is 3.55. The molecule has 0 heteroatoms. The van der Waals surface area contributed by atoms with Gasteiger partial charge in [-0.25, -0.2) is 0 Å². The lowest BCUT2D eigenvalue weighted by molar-refractivity contribution is 0.641. The van der Waals surface area contributed by atoms with Crippen LogP contribution in [0.1, 0.15) is 27.2 Å². The van der Waals surface area contributed by atoms with E-state index in [4.69, 9.17) is 0 Å². The monoisotopic (exact) mass is 148 g/mol. The minimum atomic E-state index is 0.768. The van der Waals surface area contributed by atoms with Gasteiger partial charge in [0.2, 0.25) is 0 Å². The Hall–Kier alpha value is -0.780. The minimum absolute atomic E-state index is 0.768. The molecule has 0 radical (unpaired) electrons. The van der Waals surface area contributed by atoms with Crippen LogP contribution in [0.4, 0.5) is 0 Å². The fraction of sp³-hybridized carbons (Fsp3) is 0.455. The van der Waals surface area contributed by atoms with E-state index in [9.17, 15) is 0 Å². The molecule has 0 nitrogen and oxygen atoms in total. The number of allylic oxidation sites excluding steroid dienone is 6. The summed E-state index contributed by atoms with van der Waals surface area (Å²) in [6.07, 6.45) is 9.76. The van der Waals surface area contributed by atoms with Gasteiger partial charge >= 0.3 is 0 Å². The summed E-state index contributed by atoms with van der Waals surface area (Å²) in [6, 6.07) is 0. The zero-order valence-electron chi connectivity index (χ0n) is 7.59. The molecule has 0 atom stereocenters. The van der Waals surface area contributed by atoms with Crippen molar-refractivity contribution in [1.29, 1.82) is 0 Å². The van der Waals surface area contributed by atoms with Crippen molar-refractivity contribution in [1.82, 2.24) is 0 Å². The lowest BCUT2D eigenvalue weighted by Gasteiger charge is -2.06. The van der Waals surface area contributed by atoms with E-state index in [2.05, 4.69) is 45.1 Å². The molecule has 0 heterocycles. The first-order chi connectivity index (χ1) is 5.20. The van der Waals surface area contributed by atoms with Crippen LogP contribution >= 0.6 is 0 Å². The summed E-state index contributed by atoms with van der Waals surface area (Å²) in [5.74, 6) is 0.768. The van der Waals surface area contributed by atoms with Crippen LogP contribution in [-0.4, -0.2) is 0 Å². The molecule has 0 N–H and O–H groups in total. The smallest absolute Gasteiger partial charge is 0.0267 e. The maximum Gasteiger partial charge on any atom is -0.0267 e. The van der Waals surface area contributed by atoms with E-state index in [1.165, 1.54) is 17.6 Å². The average Bonchev–Trinajstić information content (AvgIpc) is 2.35. The second-order valence-electron chi connectivity index (χ2n) is 3.55. The Morgan fingerprint density at radius 3 is 2.27 bits per heavy atom. The predicted molar refractivity (Wildman–Crippen MR) is 50.4 cm³/mol. The molecule has 0 aromatic rings. The standard InChI is InChI=1S/C11H16/c1-9(2)8-10(3)11-6-4-5-7-11/h4-7,9H,8H2,1-3H3. The molecule has 1 aliphatic rings. The van der Waals surface area contributed by atoms with Gasteiger partial charge in [-0.15, -0.1) is 0 Å². The van der Waals surface area contributed by atoms with E-state index < -0.39 is 0 Å². The van der Waals surface area contributed by atoms with Crippen molar-refractivity contribution in [2.75, 3.05) is 0 Å². The average molecular weight is 148 g/mol. The summed E-state index contributed by atoms with van der Waals surface area (Å²) in [5, 5.41) is 0. The van der Waals surface area contributed by atoms with Gasteiger partial charge in [0.15, 0.2) is 0 Å². The van der Waals surface area contributed by atoms with E-state index >= 15 is 0 Å². The highest BCUT2D eigenvalue weighted by molar-refractivity contribution is 5.42. The molecule has 0 spiro atoms. The summed E-state index contributed by atoms with van der Waals surface area (Å²) in [7, 11) is 0. The highest BCUT2D eigenvalue weighted by atomic mass is 14.1. The van der Waals surface area contributed by atoms with Crippen LogP contribution < -0.4 is 0 Å². The lowest BCUT2D eigenvalue weighted by Crippen LogP contribution is -1.89. The molecule has 1 rings (SSSR count). The fourth-order valence-corrected chi connectivity index (χ4v) is 1.39. The molecule has 1 aliphatic carbocycles. The molecule has 60 valence electrons. The summed E-state index contributed by atoms with van der Waals surface area (Å²) in [5.41, 5.74) is 2.91. The van der Waals surface area contributed by atoms with Gasteiger partial charge in [-0.05, 0) is 24.8 Å². The van der Waals surface area contributed by atoms with Crippen molar-refractivity contribution >= 4 is 0 Å². The van der Waals surface area contributed by atoms with Crippen molar-refractivity contribution in [3.63, 3.8) is 0 Å². The molecule has 0 amide bonds. The normalized spacial score (nSPS) is 15.1. The molecule has 0 saturated carbocycles. The van der Waals surface area contributed by atoms with Crippen molar-refractivity contribution in [3.05, 3.63) is 35.5 Å². The minimum Gasteiger partial charge on any atom is -0.0658 e. The topological polar surface area (TPSA) is 0 Å². The second kappa shape index (κ2) is 3.56. The largest absolute Gasteiger partial charge is 0.0658 e.